The topological polar surface area (TPSA) is 59.8 Å². The quantitative estimate of drug-likeness (QED) is 0.455. The van der Waals surface area contributed by atoms with Gasteiger partial charge in [0.25, 0.3) is 5.56 Å². The van der Waals surface area contributed by atoms with Crippen molar-refractivity contribution in [2.75, 3.05) is 0 Å². The summed E-state index contributed by atoms with van der Waals surface area (Å²) in [7, 11) is 0. The van der Waals surface area contributed by atoms with Gasteiger partial charge in [0, 0.05) is 28.4 Å². The fourth-order valence-electron chi connectivity index (χ4n) is 4.29. The number of aromatic nitrogens is 3. The highest BCUT2D eigenvalue weighted by Crippen LogP contribution is 2.34. The number of thiophene rings is 1. The summed E-state index contributed by atoms with van der Waals surface area (Å²) in [6.45, 7) is 4.05. The molecule has 1 aliphatic rings. The lowest BCUT2D eigenvalue weighted by atomic mass is 9.93. The molecule has 166 valence electrons. The van der Waals surface area contributed by atoms with E-state index in [9.17, 15) is 13.6 Å². The Morgan fingerprint density at radius 1 is 1.31 bits per heavy atom. The van der Waals surface area contributed by atoms with Gasteiger partial charge in [-0.3, -0.25) is 9.36 Å². The van der Waals surface area contributed by atoms with Gasteiger partial charge in [-0.2, -0.15) is 0 Å². The smallest absolute Gasteiger partial charge is 0.262 e. The summed E-state index contributed by atoms with van der Waals surface area (Å²) < 4.78 is 29.5. The van der Waals surface area contributed by atoms with Gasteiger partial charge in [0.05, 0.1) is 28.5 Å². The number of aryl methyl sites for hydroxylation is 2. The fraction of sp³-hybridized carbons (Fsp3) is 0.348. The van der Waals surface area contributed by atoms with Crippen LogP contribution in [0.15, 0.2) is 34.7 Å². The van der Waals surface area contributed by atoms with Crippen LogP contribution >= 0.6 is 22.7 Å². The SMILES string of the molecule is Cc1nc([C@H](C)n2cnc3sc4c(c3c2=O)CC[C@@H](NCc2c(F)cccc2F)C4)cs1. The van der Waals surface area contributed by atoms with Crippen molar-refractivity contribution in [2.45, 2.75) is 51.7 Å². The van der Waals surface area contributed by atoms with E-state index in [4.69, 9.17) is 0 Å². The van der Waals surface area contributed by atoms with Crippen molar-refractivity contribution in [3.05, 3.63) is 78.6 Å². The van der Waals surface area contributed by atoms with Crippen molar-refractivity contribution in [1.82, 2.24) is 19.9 Å². The average Bonchev–Trinajstić information content (AvgIpc) is 3.36. The molecule has 1 aliphatic carbocycles. The summed E-state index contributed by atoms with van der Waals surface area (Å²) in [5, 5.41) is 6.94. The normalized spacial score (nSPS) is 16.9. The summed E-state index contributed by atoms with van der Waals surface area (Å²) in [5.74, 6) is -1.07. The molecule has 2 atom stereocenters. The molecule has 1 aromatic carbocycles. The second-order valence-corrected chi connectivity index (χ2v) is 10.3. The molecule has 0 saturated carbocycles. The molecule has 5 nitrogen and oxygen atoms in total. The molecule has 0 saturated heterocycles. The van der Waals surface area contributed by atoms with Crippen LogP contribution in [0.3, 0.4) is 0 Å². The first kappa shape index (κ1) is 21.4. The lowest BCUT2D eigenvalue weighted by Crippen LogP contribution is -2.34. The zero-order valence-corrected chi connectivity index (χ0v) is 19.3. The number of thiazole rings is 1. The Balaban J connectivity index is 1.40. The summed E-state index contributed by atoms with van der Waals surface area (Å²) in [4.78, 5) is 24.3. The lowest BCUT2D eigenvalue weighted by molar-refractivity contribution is 0.445. The molecule has 0 fully saturated rings. The number of nitrogens with one attached hydrogen (secondary N) is 1. The van der Waals surface area contributed by atoms with Gasteiger partial charge in [0.2, 0.25) is 0 Å². The second kappa shape index (κ2) is 8.46. The van der Waals surface area contributed by atoms with Crippen LogP contribution in [0.1, 0.15) is 46.1 Å². The minimum atomic E-state index is -0.537. The van der Waals surface area contributed by atoms with Crippen molar-refractivity contribution in [2.24, 2.45) is 0 Å². The van der Waals surface area contributed by atoms with Crippen LogP contribution in [0.2, 0.25) is 0 Å². The Bertz CT molecular complexity index is 1340. The monoisotopic (exact) mass is 472 g/mol. The fourth-order valence-corrected chi connectivity index (χ4v) is 6.25. The Kier molecular flexibility index (Phi) is 5.65. The maximum atomic E-state index is 13.9. The summed E-state index contributed by atoms with van der Waals surface area (Å²) in [6.07, 6.45) is 3.86. The highest BCUT2D eigenvalue weighted by atomic mass is 32.1. The first-order valence-corrected chi connectivity index (χ1v) is 12.2. The van der Waals surface area contributed by atoms with Crippen LogP contribution in [0, 0.1) is 18.6 Å². The molecule has 0 aliphatic heterocycles. The van der Waals surface area contributed by atoms with Gasteiger partial charge in [-0.1, -0.05) is 6.07 Å². The molecule has 0 bridgehead atoms. The van der Waals surface area contributed by atoms with Crippen molar-refractivity contribution < 1.29 is 8.78 Å². The zero-order valence-electron chi connectivity index (χ0n) is 17.7. The third kappa shape index (κ3) is 3.78. The van der Waals surface area contributed by atoms with Gasteiger partial charge in [-0.05, 0) is 50.8 Å². The second-order valence-electron chi connectivity index (χ2n) is 8.13. The predicted molar refractivity (Wildman–Crippen MR) is 124 cm³/mol. The molecule has 5 rings (SSSR count). The number of halogens is 2. The molecule has 3 aromatic heterocycles. The molecule has 0 amide bonds. The van der Waals surface area contributed by atoms with Crippen LogP contribution in [-0.4, -0.2) is 20.6 Å². The van der Waals surface area contributed by atoms with E-state index >= 15 is 0 Å². The van der Waals surface area contributed by atoms with E-state index in [1.54, 1.807) is 22.2 Å². The van der Waals surface area contributed by atoms with Crippen molar-refractivity contribution in [3.8, 4) is 0 Å². The summed E-state index contributed by atoms with van der Waals surface area (Å²) >= 11 is 3.11. The highest BCUT2D eigenvalue weighted by molar-refractivity contribution is 7.18. The third-order valence-electron chi connectivity index (χ3n) is 6.11. The van der Waals surface area contributed by atoms with Crippen LogP contribution in [0.5, 0.6) is 0 Å². The van der Waals surface area contributed by atoms with Crippen molar-refractivity contribution in [3.63, 3.8) is 0 Å². The van der Waals surface area contributed by atoms with Crippen LogP contribution in [-0.2, 0) is 19.4 Å². The van der Waals surface area contributed by atoms with E-state index < -0.39 is 11.6 Å². The Morgan fingerprint density at radius 2 is 2.09 bits per heavy atom. The number of hydrogen-bond acceptors (Lipinski definition) is 6. The first-order valence-electron chi connectivity index (χ1n) is 10.5. The van der Waals surface area contributed by atoms with Gasteiger partial charge >= 0.3 is 0 Å². The molecule has 0 unspecified atom stereocenters. The number of benzene rings is 1. The van der Waals surface area contributed by atoms with Gasteiger partial charge < -0.3 is 5.32 Å². The van der Waals surface area contributed by atoms with Crippen LogP contribution in [0.25, 0.3) is 10.2 Å². The molecule has 4 aromatic rings. The Hall–Kier alpha value is -2.49. The van der Waals surface area contributed by atoms with E-state index in [0.29, 0.717) is 11.8 Å². The van der Waals surface area contributed by atoms with Crippen LogP contribution < -0.4 is 10.9 Å². The number of rotatable bonds is 5. The summed E-state index contributed by atoms with van der Waals surface area (Å²) in [5.41, 5.74) is 1.95. The van der Waals surface area contributed by atoms with Crippen molar-refractivity contribution in [1.29, 1.82) is 0 Å². The standard InChI is InChI=1S/C23H22F2N4OS2/c1-12(19-10-31-13(2)28-19)29-11-27-22-21(23(29)30)15-7-6-14(8-20(15)32-22)26-9-16-17(24)4-3-5-18(16)25/h3-5,10-12,14,26H,6-9H2,1-2H3/t12-,14+/m0/s1. The van der Waals surface area contributed by atoms with Crippen molar-refractivity contribution >= 4 is 32.9 Å². The molecule has 3 heterocycles. The van der Waals surface area contributed by atoms with E-state index in [1.165, 1.54) is 29.5 Å². The molecular weight excluding hydrogens is 450 g/mol. The minimum absolute atomic E-state index is 0.0366. The number of hydrogen-bond donors (Lipinski definition) is 1. The molecule has 0 radical (unpaired) electrons. The predicted octanol–water partition coefficient (Wildman–Crippen LogP) is 4.76. The Morgan fingerprint density at radius 3 is 2.81 bits per heavy atom. The van der Waals surface area contributed by atoms with Gasteiger partial charge in [-0.25, -0.2) is 18.7 Å². The van der Waals surface area contributed by atoms with E-state index in [0.717, 1.165) is 38.8 Å². The largest absolute Gasteiger partial charge is 0.309 e. The van der Waals surface area contributed by atoms with Gasteiger partial charge in [0.1, 0.15) is 16.5 Å². The molecular formula is C23H22F2N4OS2. The lowest BCUT2D eigenvalue weighted by Gasteiger charge is -2.23. The maximum absolute atomic E-state index is 13.9. The number of fused-ring (bicyclic) bond motifs is 3. The highest BCUT2D eigenvalue weighted by Gasteiger charge is 2.26. The molecule has 0 spiro atoms. The molecule has 9 heteroatoms. The first-order chi connectivity index (χ1) is 15.4. The minimum Gasteiger partial charge on any atom is -0.309 e. The van der Waals surface area contributed by atoms with Crippen LogP contribution in [0.4, 0.5) is 8.78 Å². The van der Waals surface area contributed by atoms with Gasteiger partial charge in [-0.15, -0.1) is 22.7 Å². The average molecular weight is 473 g/mol. The summed E-state index contributed by atoms with van der Waals surface area (Å²) in [6, 6.07) is 3.82. The third-order valence-corrected chi connectivity index (χ3v) is 8.06. The number of nitrogens with zero attached hydrogens (tertiary/aromatic N) is 3. The maximum Gasteiger partial charge on any atom is 0.262 e. The van der Waals surface area contributed by atoms with E-state index in [2.05, 4.69) is 15.3 Å². The Labute approximate surface area is 191 Å². The molecule has 32 heavy (non-hydrogen) atoms. The van der Waals surface area contributed by atoms with E-state index in [1.807, 2.05) is 19.2 Å². The molecule has 1 N–H and O–H groups in total. The van der Waals surface area contributed by atoms with E-state index in [-0.39, 0.29) is 29.8 Å². The van der Waals surface area contributed by atoms with Gasteiger partial charge in [0.15, 0.2) is 0 Å². The zero-order chi connectivity index (χ0) is 22.4.